The lowest BCUT2D eigenvalue weighted by atomic mass is 9.93. The third-order valence-electron chi connectivity index (χ3n) is 3.34. The Bertz CT molecular complexity index is 569. The van der Waals surface area contributed by atoms with Crippen LogP contribution in [0.4, 0.5) is 0 Å². The number of thiazole rings is 1. The minimum atomic E-state index is 0.101. The molecule has 108 valence electrons. The van der Waals surface area contributed by atoms with Crippen molar-refractivity contribution < 1.29 is 0 Å². The Labute approximate surface area is 125 Å². The first-order valence-corrected chi connectivity index (χ1v) is 7.75. The van der Waals surface area contributed by atoms with Gasteiger partial charge in [0.25, 0.3) is 0 Å². The van der Waals surface area contributed by atoms with Crippen LogP contribution >= 0.6 is 11.3 Å². The zero-order valence-corrected chi connectivity index (χ0v) is 13.4. The Hall–Kier alpha value is -1.23. The van der Waals surface area contributed by atoms with Gasteiger partial charge < -0.3 is 0 Å². The SMILES string of the molecule is Cc1cccc(C(Cc2nc(C(C)(C)C)cs2)NN)c1. The van der Waals surface area contributed by atoms with E-state index in [9.17, 15) is 0 Å². The molecule has 0 bridgehead atoms. The summed E-state index contributed by atoms with van der Waals surface area (Å²) in [7, 11) is 0. The number of hydrogen-bond acceptors (Lipinski definition) is 4. The second kappa shape index (κ2) is 6.04. The highest BCUT2D eigenvalue weighted by atomic mass is 32.1. The van der Waals surface area contributed by atoms with Crippen LogP contribution in [-0.2, 0) is 11.8 Å². The van der Waals surface area contributed by atoms with Gasteiger partial charge in [0.15, 0.2) is 0 Å². The number of rotatable bonds is 4. The van der Waals surface area contributed by atoms with E-state index in [0.29, 0.717) is 0 Å². The Morgan fingerprint density at radius 1 is 1.35 bits per heavy atom. The van der Waals surface area contributed by atoms with E-state index in [2.05, 4.69) is 62.8 Å². The van der Waals surface area contributed by atoms with Gasteiger partial charge in [-0.15, -0.1) is 11.3 Å². The Morgan fingerprint density at radius 3 is 2.65 bits per heavy atom. The molecule has 4 heteroatoms. The fraction of sp³-hybridized carbons (Fsp3) is 0.438. The molecule has 0 fully saturated rings. The molecule has 0 radical (unpaired) electrons. The van der Waals surface area contributed by atoms with E-state index in [1.54, 1.807) is 11.3 Å². The van der Waals surface area contributed by atoms with Crippen molar-refractivity contribution in [3.63, 3.8) is 0 Å². The topological polar surface area (TPSA) is 50.9 Å². The summed E-state index contributed by atoms with van der Waals surface area (Å²) in [6, 6.07) is 8.54. The molecule has 2 rings (SSSR count). The van der Waals surface area contributed by atoms with Crippen LogP contribution in [0.5, 0.6) is 0 Å². The lowest BCUT2D eigenvalue weighted by molar-refractivity contribution is 0.541. The van der Waals surface area contributed by atoms with E-state index < -0.39 is 0 Å². The van der Waals surface area contributed by atoms with Crippen molar-refractivity contribution in [3.05, 3.63) is 51.5 Å². The van der Waals surface area contributed by atoms with Crippen molar-refractivity contribution in [3.8, 4) is 0 Å². The van der Waals surface area contributed by atoms with Crippen molar-refractivity contribution in [1.82, 2.24) is 10.4 Å². The summed E-state index contributed by atoms with van der Waals surface area (Å²) in [6.45, 7) is 8.65. The number of nitrogens with one attached hydrogen (secondary N) is 1. The number of hydrogen-bond donors (Lipinski definition) is 2. The molecular formula is C16H23N3S. The highest BCUT2D eigenvalue weighted by Crippen LogP contribution is 2.26. The minimum Gasteiger partial charge on any atom is -0.271 e. The lowest BCUT2D eigenvalue weighted by Crippen LogP contribution is -2.29. The zero-order chi connectivity index (χ0) is 14.8. The van der Waals surface area contributed by atoms with E-state index >= 15 is 0 Å². The standard InChI is InChI=1S/C16H23N3S/c1-11-6-5-7-12(8-11)13(19-17)9-15-18-14(10-20-15)16(2,3)4/h5-8,10,13,19H,9,17H2,1-4H3. The number of nitrogens with zero attached hydrogens (tertiary/aromatic N) is 1. The second-order valence-corrected chi connectivity index (χ2v) is 7.16. The molecule has 0 saturated carbocycles. The van der Waals surface area contributed by atoms with Crippen LogP contribution in [0, 0.1) is 6.92 Å². The quantitative estimate of drug-likeness (QED) is 0.669. The van der Waals surface area contributed by atoms with Crippen LogP contribution < -0.4 is 11.3 Å². The van der Waals surface area contributed by atoms with Crippen LogP contribution in [0.25, 0.3) is 0 Å². The van der Waals surface area contributed by atoms with Gasteiger partial charge in [-0.05, 0) is 12.5 Å². The van der Waals surface area contributed by atoms with E-state index in [0.717, 1.165) is 17.1 Å². The van der Waals surface area contributed by atoms with E-state index in [-0.39, 0.29) is 11.5 Å². The maximum Gasteiger partial charge on any atom is 0.0948 e. The molecular weight excluding hydrogens is 266 g/mol. The summed E-state index contributed by atoms with van der Waals surface area (Å²) in [5, 5.41) is 3.28. The predicted molar refractivity (Wildman–Crippen MR) is 85.8 cm³/mol. The molecule has 0 aliphatic heterocycles. The maximum atomic E-state index is 5.72. The van der Waals surface area contributed by atoms with Crippen LogP contribution in [-0.4, -0.2) is 4.98 Å². The highest BCUT2D eigenvalue weighted by molar-refractivity contribution is 7.09. The van der Waals surface area contributed by atoms with Crippen LogP contribution in [0.3, 0.4) is 0 Å². The van der Waals surface area contributed by atoms with Gasteiger partial charge in [0.1, 0.15) is 0 Å². The van der Waals surface area contributed by atoms with Crippen molar-refractivity contribution in [2.24, 2.45) is 5.84 Å². The first-order valence-electron chi connectivity index (χ1n) is 6.87. The molecule has 1 atom stereocenters. The van der Waals surface area contributed by atoms with Crippen LogP contribution in [0.15, 0.2) is 29.6 Å². The summed E-state index contributed by atoms with van der Waals surface area (Å²) < 4.78 is 0. The number of hydrazine groups is 1. The molecule has 0 amide bonds. The molecule has 3 N–H and O–H groups in total. The maximum absolute atomic E-state index is 5.72. The average molecular weight is 289 g/mol. The van der Waals surface area contributed by atoms with Gasteiger partial charge in [0.05, 0.1) is 16.7 Å². The van der Waals surface area contributed by atoms with Gasteiger partial charge in [-0.2, -0.15) is 0 Å². The monoisotopic (exact) mass is 289 g/mol. The molecule has 0 saturated heterocycles. The first kappa shape index (κ1) is 15.2. The highest BCUT2D eigenvalue weighted by Gasteiger charge is 2.19. The molecule has 20 heavy (non-hydrogen) atoms. The molecule has 1 aromatic carbocycles. The van der Waals surface area contributed by atoms with E-state index in [1.165, 1.54) is 11.1 Å². The number of benzene rings is 1. The third kappa shape index (κ3) is 3.66. The normalized spacial score (nSPS) is 13.4. The van der Waals surface area contributed by atoms with Crippen molar-refractivity contribution in [2.45, 2.75) is 45.6 Å². The molecule has 3 nitrogen and oxygen atoms in total. The number of aryl methyl sites for hydroxylation is 1. The zero-order valence-electron chi connectivity index (χ0n) is 12.6. The number of aromatic nitrogens is 1. The second-order valence-electron chi connectivity index (χ2n) is 6.21. The van der Waals surface area contributed by atoms with Gasteiger partial charge in [0.2, 0.25) is 0 Å². The first-order chi connectivity index (χ1) is 9.40. The minimum absolute atomic E-state index is 0.101. The van der Waals surface area contributed by atoms with Crippen molar-refractivity contribution in [1.29, 1.82) is 0 Å². The van der Waals surface area contributed by atoms with Crippen LogP contribution in [0.1, 0.15) is 48.6 Å². The molecule has 1 heterocycles. The Balaban J connectivity index is 2.16. The largest absolute Gasteiger partial charge is 0.271 e. The average Bonchev–Trinajstić information content (AvgIpc) is 2.84. The Morgan fingerprint density at radius 2 is 2.10 bits per heavy atom. The fourth-order valence-corrected chi connectivity index (χ4v) is 3.15. The molecule has 0 spiro atoms. The Kier molecular flexibility index (Phi) is 4.58. The number of nitrogens with two attached hydrogens (primary N) is 1. The van der Waals surface area contributed by atoms with Crippen LogP contribution in [0.2, 0.25) is 0 Å². The smallest absolute Gasteiger partial charge is 0.0948 e. The van der Waals surface area contributed by atoms with Gasteiger partial charge >= 0.3 is 0 Å². The van der Waals surface area contributed by atoms with Gasteiger partial charge in [-0.1, -0.05) is 50.6 Å². The third-order valence-corrected chi connectivity index (χ3v) is 4.22. The molecule has 1 unspecified atom stereocenters. The van der Waals surface area contributed by atoms with Gasteiger partial charge in [-0.25, -0.2) is 4.98 Å². The summed E-state index contributed by atoms with van der Waals surface area (Å²) in [5.41, 5.74) is 6.62. The molecule has 1 aromatic heterocycles. The van der Waals surface area contributed by atoms with Crippen molar-refractivity contribution >= 4 is 11.3 Å². The summed E-state index contributed by atoms with van der Waals surface area (Å²) >= 11 is 1.71. The van der Waals surface area contributed by atoms with E-state index in [1.807, 2.05) is 0 Å². The van der Waals surface area contributed by atoms with E-state index in [4.69, 9.17) is 10.8 Å². The molecule has 2 aromatic rings. The van der Waals surface area contributed by atoms with Gasteiger partial charge in [0, 0.05) is 17.2 Å². The lowest BCUT2D eigenvalue weighted by Gasteiger charge is -2.16. The summed E-state index contributed by atoms with van der Waals surface area (Å²) in [4.78, 5) is 4.74. The van der Waals surface area contributed by atoms with Crippen molar-refractivity contribution in [2.75, 3.05) is 0 Å². The fourth-order valence-electron chi connectivity index (χ4n) is 2.08. The summed E-state index contributed by atoms with van der Waals surface area (Å²) in [6.07, 6.45) is 0.820. The summed E-state index contributed by atoms with van der Waals surface area (Å²) in [5.74, 6) is 5.72. The van der Waals surface area contributed by atoms with Gasteiger partial charge in [-0.3, -0.25) is 11.3 Å². The predicted octanol–water partition coefficient (Wildman–Crippen LogP) is 3.50. The molecule has 0 aliphatic rings. The molecule has 0 aliphatic carbocycles.